The van der Waals surface area contributed by atoms with Gasteiger partial charge < -0.3 is 14.5 Å². The Morgan fingerprint density at radius 1 is 1.43 bits per heavy atom. The van der Waals surface area contributed by atoms with Gasteiger partial charge in [0.25, 0.3) is 0 Å². The molecule has 0 aromatic carbocycles. The summed E-state index contributed by atoms with van der Waals surface area (Å²) in [6.07, 6.45) is 6.05. The fourth-order valence-corrected chi connectivity index (χ4v) is 2.82. The van der Waals surface area contributed by atoms with Crippen LogP contribution in [0.15, 0.2) is 22.1 Å². The molecule has 1 fully saturated rings. The highest BCUT2D eigenvalue weighted by Crippen LogP contribution is 2.22. The largest absolute Gasteiger partial charge is 0.465 e. The maximum absolute atomic E-state index is 5.87. The van der Waals surface area contributed by atoms with Gasteiger partial charge in [-0.3, -0.25) is 4.90 Å². The summed E-state index contributed by atoms with van der Waals surface area (Å²) in [6, 6.07) is 2.95. The van der Waals surface area contributed by atoms with E-state index in [9.17, 15) is 0 Å². The van der Waals surface area contributed by atoms with E-state index in [1.54, 1.807) is 7.11 Å². The number of methoxy groups -OCH3 is 1. The smallest absolute Gasteiger partial charge is 0.118 e. The molecule has 1 aromatic rings. The van der Waals surface area contributed by atoms with E-state index in [0.29, 0.717) is 0 Å². The van der Waals surface area contributed by atoms with Crippen LogP contribution in [-0.2, 0) is 17.8 Å². The Morgan fingerprint density at radius 2 is 2.29 bits per heavy atom. The van der Waals surface area contributed by atoms with Gasteiger partial charge in [-0.25, -0.2) is 0 Å². The molecule has 0 amide bonds. The molecular formula is C17H26N2O2. The first kappa shape index (κ1) is 14.8. The molecule has 0 unspecified atom stereocenters. The molecule has 2 heterocycles. The van der Waals surface area contributed by atoms with Gasteiger partial charge in [0, 0.05) is 38.3 Å². The first-order chi connectivity index (χ1) is 10.2. The van der Waals surface area contributed by atoms with Crippen molar-refractivity contribution in [1.29, 1.82) is 0 Å². The number of ether oxygens (including phenoxy) is 1. The van der Waals surface area contributed by atoms with Gasteiger partial charge in [-0.05, 0) is 37.8 Å². The maximum Gasteiger partial charge on any atom is 0.118 e. The van der Waals surface area contributed by atoms with E-state index in [0.717, 1.165) is 56.8 Å². The molecule has 3 rings (SSSR count). The van der Waals surface area contributed by atoms with E-state index in [2.05, 4.69) is 29.3 Å². The third-order valence-corrected chi connectivity index (χ3v) is 4.32. The minimum Gasteiger partial charge on any atom is -0.465 e. The Hall–Kier alpha value is -1.10. The number of rotatable bonds is 7. The summed E-state index contributed by atoms with van der Waals surface area (Å²) in [4.78, 5) is 2.47. The summed E-state index contributed by atoms with van der Waals surface area (Å²) in [5, 5.41) is 3.51. The van der Waals surface area contributed by atoms with Crippen molar-refractivity contribution < 1.29 is 9.15 Å². The van der Waals surface area contributed by atoms with Gasteiger partial charge in [0.1, 0.15) is 11.5 Å². The topological polar surface area (TPSA) is 37.6 Å². The summed E-state index contributed by atoms with van der Waals surface area (Å²) >= 11 is 0. The number of nitrogens with zero attached hydrogens (tertiary/aromatic N) is 1. The van der Waals surface area contributed by atoms with Crippen LogP contribution in [0.1, 0.15) is 36.3 Å². The summed E-state index contributed by atoms with van der Waals surface area (Å²) in [6.45, 7) is 6.81. The van der Waals surface area contributed by atoms with Gasteiger partial charge in [0.15, 0.2) is 0 Å². The van der Waals surface area contributed by atoms with Crippen molar-refractivity contribution in [2.75, 3.05) is 26.8 Å². The Bertz CT molecular complexity index is 503. The van der Waals surface area contributed by atoms with Gasteiger partial charge >= 0.3 is 0 Å². The molecule has 21 heavy (non-hydrogen) atoms. The van der Waals surface area contributed by atoms with Crippen LogP contribution in [0.3, 0.4) is 0 Å². The van der Waals surface area contributed by atoms with E-state index in [-0.39, 0.29) is 0 Å². The minimum atomic E-state index is 0.727. The molecule has 0 radical (unpaired) electrons. The molecule has 0 bridgehead atoms. The molecule has 0 spiro atoms. The van der Waals surface area contributed by atoms with Gasteiger partial charge in [-0.2, -0.15) is 0 Å². The standard InChI is InChI=1S/C17H26N2O2/c1-13-15(9-17(21-13)10-18-16-3-4-16)11-19-7-5-14(6-8-19)12-20-2/h5,9,16,18H,3-4,6-8,10-12H2,1-2H3. The van der Waals surface area contributed by atoms with Crippen molar-refractivity contribution in [2.45, 2.75) is 45.3 Å². The molecule has 0 saturated heterocycles. The van der Waals surface area contributed by atoms with E-state index in [1.807, 2.05) is 0 Å². The van der Waals surface area contributed by atoms with Crippen LogP contribution in [-0.4, -0.2) is 37.7 Å². The van der Waals surface area contributed by atoms with Crippen molar-refractivity contribution >= 4 is 0 Å². The summed E-state index contributed by atoms with van der Waals surface area (Å²) in [5.41, 5.74) is 2.75. The van der Waals surface area contributed by atoms with Crippen molar-refractivity contribution in [2.24, 2.45) is 0 Å². The van der Waals surface area contributed by atoms with E-state index < -0.39 is 0 Å². The quantitative estimate of drug-likeness (QED) is 0.783. The molecule has 1 aliphatic heterocycles. The predicted molar refractivity (Wildman–Crippen MR) is 83.2 cm³/mol. The number of hydrogen-bond acceptors (Lipinski definition) is 4. The molecule has 116 valence electrons. The number of hydrogen-bond donors (Lipinski definition) is 1. The fraction of sp³-hybridized carbons (Fsp3) is 0.647. The lowest BCUT2D eigenvalue weighted by molar-refractivity contribution is 0.210. The highest BCUT2D eigenvalue weighted by atomic mass is 16.5. The van der Waals surface area contributed by atoms with Crippen LogP contribution in [0.4, 0.5) is 0 Å². The van der Waals surface area contributed by atoms with Crippen LogP contribution in [0.5, 0.6) is 0 Å². The van der Waals surface area contributed by atoms with E-state index in [4.69, 9.17) is 9.15 Å². The molecule has 4 heteroatoms. The van der Waals surface area contributed by atoms with Crippen molar-refractivity contribution in [3.8, 4) is 0 Å². The number of furan rings is 1. The third-order valence-electron chi connectivity index (χ3n) is 4.32. The Kier molecular flexibility index (Phi) is 4.78. The Labute approximate surface area is 127 Å². The zero-order chi connectivity index (χ0) is 14.7. The zero-order valence-corrected chi connectivity index (χ0v) is 13.2. The number of nitrogens with one attached hydrogen (secondary N) is 1. The summed E-state index contributed by atoms with van der Waals surface area (Å²) in [5.74, 6) is 2.14. The van der Waals surface area contributed by atoms with Crippen LogP contribution >= 0.6 is 0 Å². The van der Waals surface area contributed by atoms with Crippen LogP contribution in [0.2, 0.25) is 0 Å². The van der Waals surface area contributed by atoms with Gasteiger partial charge in [-0.15, -0.1) is 0 Å². The lowest BCUT2D eigenvalue weighted by Gasteiger charge is -2.25. The average molecular weight is 290 g/mol. The first-order valence-corrected chi connectivity index (χ1v) is 7.95. The minimum absolute atomic E-state index is 0.727. The van der Waals surface area contributed by atoms with Gasteiger partial charge in [0.05, 0.1) is 13.2 Å². The number of aryl methyl sites for hydroxylation is 1. The third kappa shape index (κ3) is 4.19. The molecule has 1 saturated carbocycles. The second kappa shape index (κ2) is 6.77. The van der Waals surface area contributed by atoms with Crippen LogP contribution < -0.4 is 5.32 Å². The molecular weight excluding hydrogens is 264 g/mol. The first-order valence-electron chi connectivity index (χ1n) is 7.95. The summed E-state index contributed by atoms with van der Waals surface area (Å²) in [7, 11) is 1.76. The highest BCUT2D eigenvalue weighted by molar-refractivity contribution is 5.21. The monoisotopic (exact) mass is 290 g/mol. The molecule has 1 N–H and O–H groups in total. The second-order valence-electron chi connectivity index (χ2n) is 6.23. The fourth-order valence-electron chi connectivity index (χ4n) is 2.82. The van der Waals surface area contributed by atoms with Crippen molar-refractivity contribution in [1.82, 2.24) is 10.2 Å². The van der Waals surface area contributed by atoms with E-state index >= 15 is 0 Å². The average Bonchev–Trinajstić information content (AvgIpc) is 3.24. The summed E-state index contributed by atoms with van der Waals surface area (Å²) < 4.78 is 11.1. The molecule has 0 atom stereocenters. The molecule has 2 aliphatic rings. The van der Waals surface area contributed by atoms with Crippen molar-refractivity contribution in [3.63, 3.8) is 0 Å². The normalized spacial score (nSPS) is 19.8. The van der Waals surface area contributed by atoms with Crippen LogP contribution in [0, 0.1) is 6.92 Å². The lowest BCUT2D eigenvalue weighted by Crippen LogP contribution is -2.29. The zero-order valence-electron chi connectivity index (χ0n) is 13.2. The van der Waals surface area contributed by atoms with Gasteiger partial charge in [-0.1, -0.05) is 6.08 Å². The predicted octanol–water partition coefficient (Wildman–Crippen LogP) is 2.62. The molecule has 4 nitrogen and oxygen atoms in total. The second-order valence-corrected chi connectivity index (χ2v) is 6.23. The molecule has 1 aliphatic carbocycles. The van der Waals surface area contributed by atoms with Gasteiger partial charge in [0.2, 0.25) is 0 Å². The maximum atomic E-state index is 5.87. The lowest BCUT2D eigenvalue weighted by atomic mass is 10.1. The van der Waals surface area contributed by atoms with Crippen LogP contribution in [0.25, 0.3) is 0 Å². The highest BCUT2D eigenvalue weighted by Gasteiger charge is 2.21. The SMILES string of the molecule is COCC1=CCN(Cc2cc(CNC3CC3)oc2C)CC1. The Morgan fingerprint density at radius 3 is 2.95 bits per heavy atom. The Balaban J connectivity index is 1.52. The van der Waals surface area contributed by atoms with Crippen molar-refractivity contribution in [3.05, 3.63) is 34.8 Å². The van der Waals surface area contributed by atoms with E-state index in [1.165, 1.54) is 24.0 Å². The molecule has 1 aromatic heterocycles.